The number of likely N-dealkylation sites (tertiary alicyclic amines) is 2. The highest BCUT2D eigenvalue weighted by Gasteiger charge is 2.40. The fourth-order valence-corrected chi connectivity index (χ4v) is 4.01. The van der Waals surface area contributed by atoms with E-state index in [1.165, 1.54) is 19.4 Å². The fourth-order valence-electron chi connectivity index (χ4n) is 4.01. The molecule has 3 heterocycles. The Hall–Kier alpha value is -1.36. The van der Waals surface area contributed by atoms with E-state index in [0.717, 1.165) is 25.9 Å². The second-order valence-corrected chi connectivity index (χ2v) is 6.24. The number of hydrogen-bond acceptors (Lipinski definition) is 3. The Morgan fingerprint density at radius 3 is 2.76 bits per heavy atom. The van der Waals surface area contributed by atoms with Gasteiger partial charge in [-0.2, -0.15) is 5.10 Å². The van der Waals surface area contributed by atoms with Crippen molar-refractivity contribution in [1.29, 1.82) is 0 Å². The molecule has 1 aromatic heterocycles. The van der Waals surface area contributed by atoms with Crippen molar-refractivity contribution in [1.82, 2.24) is 19.6 Å². The largest absolute Gasteiger partial charge is 0.336 e. The molecule has 3 unspecified atom stereocenters. The smallest absolute Gasteiger partial charge is 0.247 e. The van der Waals surface area contributed by atoms with Crippen LogP contribution in [0, 0.1) is 0 Å². The van der Waals surface area contributed by atoms with Crippen LogP contribution in [-0.2, 0) is 4.79 Å². The molecule has 3 atom stereocenters. The quantitative estimate of drug-likeness (QED) is 0.850. The molecule has 5 nitrogen and oxygen atoms in total. The van der Waals surface area contributed by atoms with Crippen molar-refractivity contribution in [3.8, 4) is 0 Å². The Kier molecular flexibility index (Phi) is 4.29. The van der Waals surface area contributed by atoms with Crippen molar-refractivity contribution in [2.45, 2.75) is 57.7 Å². The Bertz CT molecular complexity index is 473. The average Bonchev–Trinajstić information content (AvgIpc) is 3.24. The highest BCUT2D eigenvalue weighted by atomic mass is 16.2. The van der Waals surface area contributed by atoms with E-state index in [9.17, 15) is 4.79 Å². The molecule has 0 N–H and O–H groups in total. The molecule has 0 aromatic carbocycles. The lowest BCUT2D eigenvalue weighted by molar-refractivity contribution is -0.136. The van der Waals surface area contributed by atoms with E-state index in [1.54, 1.807) is 10.9 Å². The van der Waals surface area contributed by atoms with Gasteiger partial charge in [0, 0.05) is 31.0 Å². The molecule has 0 spiro atoms. The van der Waals surface area contributed by atoms with Crippen LogP contribution in [0.2, 0.25) is 0 Å². The van der Waals surface area contributed by atoms with E-state index in [0.29, 0.717) is 12.1 Å². The number of carbonyl (C=O) groups is 1. The van der Waals surface area contributed by atoms with Gasteiger partial charge in [-0.1, -0.05) is 6.92 Å². The van der Waals surface area contributed by atoms with Gasteiger partial charge in [0.15, 0.2) is 0 Å². The van der Waals surface area contributed by atoms with Crippen LogP contribution in [-0.4, -0.2) is 57.2 Å². The lowest BCUT2D eigenvalue weighted by atomic mass is 10.0. The molecule has 0 aliphatic carbocycles. The van der Waals surface area contributed by atoms with Crippen LogP contribution in [0.15, 0.2) is 18.5 Å². The zero-order valence-corrected chi connectivity index (χ0v) is 13.1. The molecule has 21 heavy (non-hydrogen) atoms. The van der Waals surface area contributed by atoms with Crippen LogP contribution in [0.3, 0.4) is 0 Å². The Balaban J connectivity index is 1.73. The van der Waals surface area contributed by atoms with Crippen LogP contribution in [0.1, 0.15) is 45.6 Å². The lowest BCUT2D eigenvalue weighted by Gasteiger charge is -2.35. The summed E-state index contributed by atoms with van der Waals surface area (Å²) in [5, 5.41) is 4.22. The summed E-state index contributed by atoms with van der Waals surface area (Å²) in [6, 6.07) is 2.64. The van der Waals surface area contributed by atoms with Crippen molar-refractivity contribution in [3.05, 3.63) is 18.5 Å². The molecule has 0 bridgehead atoms. The summed E-state index contributed by atoms with van der Waals surface area (Å²) in [5.41, 5.74) is 0. The van der Waals surface area contributed by atoms with Gasteiger partial charge >= 0.3 is 0 Å². The first-order valence-corrected chi connectivity index (χ1v) is 8.26. The maximum atomic E-state index is 12.9. The van der Waals surface area contributed by atoms with E-state index < -0.39 is 0 Å². The van der Waals surface area contributed by atoms with Gasteiger partial charge in [-0.3, -0.25) is 14.4 Å². The minimum absolute atomic E-state index is 0.197. The van der Waals surface area contributed by atoms with Crippen molar-refractivity contribution in [2.75, 3.05) is 19.6 Å². The first kappa shape index (κ1) is 14.6. The summed E-state index contributed by atoms with van der Waals surface area (Å²) in [4.78, 5) is 17.5. The lowest BCUT2D eigenvalue weighted by Crippen LogP contribution is -2.49. The number of likely N-dealkylation sites (N-methyl/N-ethyl adjacent to an activating group) is 1. The minimum atomic E-state index is -0.197. The number of rotatable bonds is 4. The molecule has 116 valence electrons. The fraction of sp³-hybridized carbons (Fsp3) is 0.750. The molecule has 2 aliphatic heterocycles. The third-order valence-electron chi connectivity index (χ3n) is 5.13. The third-order valence-corrected chi connectivity index (χ3v) is 5.13. The molecule has 2 saturated heterocycles. The summed E-state index contributed by atoms with van der Waals surface area (Å²) in [5.74, 6) is 0.226. The second kappa shape index (κ2) is 6.18. The molecular weight excluding hydrogens is 264 g/mol. The normalized spacial score (nSPS) is 28.2. The number of carbonyl (C=O) groups excluding carboxylic acids is 1. The molecule has 1 amide bonds. The van der Waals surface area contributed by atoms with E-state index in [1.807, 2.05) is 19.2 Å². The van der Waals surface area contributed by atoms with Gasteiger partial charge in [0.05, 0.1) is 0 Å². The third kappa shape index (κ3) is 2.71. The maximum Gasteiger partial charge on any atom is 0.247 e. The first-order chi connectivity index (χ1) is 10.2. The zero-order chi connectivity index (χ0) is 14.8. The topological polar surface area (TPSA) is 41.4 Å². The van der Waals surface area contributed by atoms with E-state index in [4.69, 9.17) is 0 Å². The van der Waals surface area contributed by atoms with Crippen LogP contribution >= 0.6 is 0 Å². The van der Waals surface area contributed by atoms with Crippen LogP contribution in [0.5, 0.6) is 0 Å². The summed E-state index contributed by atoms with van der Waals surface area (Å²) in [7, 11) is 0. The predicted molar refractivity (Wildman–Crippen MR) is 81.9 cm³/mol. The number of hydrogen-bond donors (Lipinski definition) is 0. The molecule has 2 fully saturated rings. The summed E-state index contributed by atoms with van der Waals surface area (Å²) in [6.45, 7) is 7.37. The van der Waals surface area contributed by atoms with Crippen molar-refractivity contribution in [3.63, 3.8) is 0 Å². The van der Waals surface area contributed by atoms with Gasteiger partial charge in [-0.15, -0.1) is 0 Å². The van der Waals surface area contributed by atoms with Crippen molar-refractivity contribution < 1.29 is 4.79 Å². The Morgan fingerprint density at radius 1 is 1.29 bits per heavy atom. The summed E-state index contributed by atoms with van der Waals surface area (Å²) in [6.07, 6.45) is 8.40. The molecule has 2 aliphatic rings. The average molecular weight is 290 g/mol. The van der Waals surface area contributed by atoms with Crippen LogP contribution in [0.4, 0.5) is 0 Å². The first-order valence-electron chi connectivity index (χ1n) is 8.26. The van der Waals surface area contributed by atoms with Crippen molar-refractivity contribution in [2.24, 2.45) is 0 Å². The Labute approximate surface area is 126 Å². The van der Waals surface area contributed by atoms with Gasteiger partial charge in [-0.25, -0.2) is 0 Å². The SMILES string of the molecule is CCN1CCCC1C1CCCN1C(=O)C(C)n1cccn1. The van der Waals surface area contributed by atoms with Gasteiger partial charge in [0.25, 0.3) is 0 Å². The molecule has 3 rings (SSSR count). The predicted octanol–water partition coefficient (Wildman–Crippen LogP) is 1.92. The Morgan fingerprint density at radius 2 is 2.05 bits per heavy atom. The molecule has 5 heteroatoms. The van der Waals surface area contributed by atoms with Crippen molar-refractivity contribution >= 4 is 5.91 Å². The highest BCUT2D eigenvalue weighted by molar-refractivity contribution is 5.80. The zero-order valence-electron chi connectivity index (χ0n) is 13.1. The highest BCUT2D eigenvalue weighted by Crippen LogP contribution is 2.31. The summed E-state index contributed by atoms with van der Waals surface area (Å²) < 4.78 is 1.77. The van der Waals surface area contributed by atoms with E-state index in [2.05, 4.69) is 21.8 Å². The van der Waals surface area contributed by atoms with Gasteiger partial charge in [0.1, 0.15) is 6.04 Å². The van der Waals surface area contributed by atoms with Gasteiger partial charge < -0.3 is 4.90 Å². The maximum absolute atomic E-state index is 12.9. The monoisotopic (exact) mass is 290 g/mol. The second-order valence-electron chi connectivity index (χ2n) is 6.24. The van der Waals surface area contributed by atoms with Gasteiger partial charge in [0.2, 0.25) is 5.91 Å². The van der Waals surface area contributed by atoms with E-state index in [-0.39, 0.29) is 11.9 Å². The minimum Gasteiger partial charge on any atom is -0.336 e. The number of aromatic nitrogens is 2. The molecular formula is C16H26N4O. The van der Waals surface area contributed by atoms with Crippen LogP contribution < -0.4 is 0 Å². The van der Waals surface area contributed by atoms with Crippen LogP contribution in [0.25, 0.3) is 0 Å². The molecule has 0 radical (unpaired) electrons. The van der Waals surface area contributed by atoms with Gasteiger partial charge in [-0.05, 0) is 51.8 Å². The number of nitrogens with zero attached hydrogens (tertiary/aromatic N) is 4. The number of amides is 1. The molecule has 1 aromatic rings. The summed E-state index contributed by atoms with van der Waals surface area (Å²) >= 11 is 0. The standard InChI is InChI=1S/C16H26N4O/c1-3-18-10-4-7-14(18)15-8-5-11-19(15)16(21)13(2)20-12-6-9-17-20/h6,9,12-15H,3-5,7-8,10-11H2,1-2H3. The molecule has 0 saturated carbocycles. The van der Waals surface area contributed by atoms with E-state index >= 15 is 0 Å².